The molecule has 0 saturated carbocycles. The van der Waals surface area contributed by atoms with Crippen molar-refractivity contribution in [2.45, 2.75) is 45.1 Å². The molecule has 1 heterocycles. The van der Waals surface area contributed by atoms with E-state index in [0.717, 1.165) is 25.7 Å². The van der Waals surface area contributed by atoms with Crippen LogP contribution in [0.3, 0.4) is 0 Å². The van der Waals surface area contributed by atoms with Crippen molar-refractivity contribution in [1.29, 1.82) is 0 Å². The first-order valence-electron chi connectivity index (χ1n) is 9.14. The first-order valence-corrected chi connectivity index (χ1v) is 9.14. The van der Waals surface area contributed by atoms with Gasteiger partial charge < -0.3 is 25.0 Å². The van der Waals surface area contributed by atoms with Crippen LogP contribution in [-0.2, 0) is 4.79 Å². The number of likely N-dealkylation sites (tertiary alicyclic amines) is 1. The monoisotopic (exact) mass is 363 g/mol. The zero-order valence-corrected chi connectivity index (χ0v) is 15.8. The number of nitrogens with zero attached hydrogens (tertiary/aromatic N) is 1. The van der Waals surface area contributed by atoms with E-state index in [1.807, 2.05) is 0 Å². The maximum atomic E-state index is 12.5. The molecule has 26 heavy (non-hydrogen) atoms. The summed E-state index contributed by atoms with van der Waals surface area (Å²) in [6, 6.07) is 5.24. The number of hydrogen-bond donors (Lipinski definition) is 2. The molecule has 2 rings (SSSR count). The molecule has 1 aliphatic rings. The molecule has 0 aliphatic carbocycles. The molecular weight excluding hydrogens is 334 g/mol. The maximum Gasteiger partial charge on any atom is 0.321 e. The van der Waals surface area contributed by atoms with Crippen molar-refractivity contribution in [3.05, 3.63) is 18.2 Å². The lowest BCUT2D eigenvalue weighted by Crippen LogP contribution is -2.47. The van der Waals surface area contributed by atoms with Crippen LogP contribution in [0.15, 0.2) is 18.2 Å². The van der Waals surface area contributed by atoms with Crippen LogP contribution in [0.25, 0.3) is 0 Å². The Kier molecular flexibility index (Phi) is 7.56. The molecule has 0 bridgehead atoms. The second-order valence-corrected chi connectivity index (χ2v) is 6.43. The predicted octanol–water partition coefficient (Wildman–Crippen LogP) is 3.01. The summed E-state index contributed by atoms with van der Waals surface area (Å²) in [5.74, 6) is 1.34. The highest BCUT2D eigenvalue weighted by molar-refractivity contribution is 5.91. The third-order valence-corrected chi connectivity index (χ3v) is 4.55. The minimum Gasteiger partial charge on any atom is -0.497 e. The predicted molar refractivity (Wildman–Crippen MR) is 101 cm³/mol. The molecule has 1 aromatic rings. The van der Waals surface area contributed by atoms with Gasteiger partial charge in [-0.25, -0.2) is 4.79 Å². The number of urea groups is 1. The van der Waals surface area contributed by atoms with Gasteiger partial charge in [0.1, 0.15) is 11.5 Å². The Bertz CT molecular complexity index is 613. The number of anilines is 1. The fourth-order valence-electron chi connectivity index (χ4n) is 2.97. The number of methoxy groups -OCH3 is 2. The van der Waals surface area contributed by atoms with Crippen LogP contribution in [0.5, 0.6) is 11.5 Å². The molecule has 1 saturated heterocycles. The molecule has 144 valence electrons. The highest BCUT2D eigenvalue weighted by Gasteiger charge is 2.24. The van der Waals surface area contributed by atoms with Gasteiger partial charge in [0.2, 0.25) is 5.91 Å². The van der Waals surface area contributed by atoms with Gasteiger partial charge >= 0.3 is 6.03 Å². The molecule has 0 radical (unpaired) electrons. The van der Waals surface area contributed by atoms with Gasteiger partial charge in [-0.1, -0.05) is 13.3 Å². The van der Waals surface area contributed by atoms with E-state index in [1.54, 1.807) is 37.3 Å². The van der Waals surface area contributed by atoms with Crippen molar-refractivity contribution < 1.29 is 19.1 Å². The van der Waals surface area contributed by atoms with Crippen LogP contribution in [0.4, 0.5) is 10.5 Å². The van der Waals surface area contributed by atoms with Crippen molar-refractivity contribution >= 4 is 17.6 Å². The van der Waals surface area contributed by atoms with Crippen LogP contribution < -0.4 is 20.1 Å². The summed E-state index contributed by atoms with van der Waals surface area (Å²) >= 11 is 0. The number of carbonyl (C=O) groups is 2. The lowest BCUT2D eigenvalue weighted by atomic mass is 10.0. The summed E-state index contributed by atoms with van der Waals surface area (Å²) in [4.78, 5) is 26.1. The molecule has 0 atom stereocenters. The van der Waals surface area contributed by atoms with Crippen molar-refractivity contribution in [2.24, 2.45) is 0 Å². The minimum absolute atomic E-state index is 0.107. The van der Waals surface area contributed by atoms with E-state index >= 15 is 0 Å². The van der Waals surface area contributed by atoms with Crippen LogP contribution in [0.2, 0.25) is 0 Å². The Morgan fingerprint density at radius 2 is 1.92 bits per heavy atom. The molecule has 1 aromatic carbocycles. The lowest BCUT2D eigenvalue weighted by molar-refractivity contribution is -0.122. The number of piperidine rings is 1. The standard InChI is InChI=1S/C19H29N3O4/c1-4-5-6-18(23)20-14-9-11-22(12-10-14)19(24)21-16-13-15(25-2)7-8-17(16)26-3/h7-8,13-14H,4-6,9-12H2,1-3H3,(H,20,23)(H,21,24). The molecule has 7 nitrogen and oxygen atoms in total. The van der Waals surface area contributed by atoms with Gasteiger partial charge in [-0.15, -0.1) is 0 Å². The highest BCUT2D eigenvalue weighted by atomic mass is 16.5. The first kappa shape index (κ1) is 19.9. The highest BCUT2D eigenvalue weighted by Crippen LogP contribution is 2.29. The molecule has 0 unspecified atom stereocenters. The lowest BCUT2D eigenvalue weighted by Gasteiger charge is -2.32. The van der Waals surface area contributed by atoms with E-state index in [-0.39, 0.29) is 18.0 Å². The average molecular weight is 363 g/mol. The Morgan fingerprint density at radius 1 is 1.19 bits per heavy atom. The fourth-order valence-corrected chi connectivity index (χ4v) is 2.97. The van der Waals surface area contributed by atoms with Crippen LogP contribution in [-0.4, -0.2) is 50.2 Å². The zero-order valence-electron chi connectivity index (χ0n) is 15.8. The normalized spacial score (nSPS) is 14.7. The molecule has 2 N–H and O–H groups in total. The summed E-state index contributed by atoms with van der Waals surface area (Å²) in [6.07, 6.45) is 4.03. The Hall–Kier alpha value is -2.44. The zero-order chi connectivity index (χ0) is 18.9. The number of amides is 3. The summed E-state index contributed by atoms with van der Waals surface area (Å²) < 4.78 is 10.5. The summed E-state index contributed by atoms with van der Waals surface area (Å²) in [6.45, 7) is 3.29. The van der Waals surface area contributed by atoms with Crippen LogP contribution in [0, 0.1) is 0 Å². The second kappa shape index (κ2) is 9.89. The molecule has 0 aromatic heterocycles. The van der Waals surface area contributed by atoms with Crippen molar-refractivity contribution in [2.75, 3.05) is 32.6 Å². The van der Waals surface area contributed by atoms with E-state index in [9.17, 15) is 9.59 Å². The number of carbonyl (C=O) groups excluding carboxylic acids is 2. The van der Waals surface area contributed by atoms with Gasteiger partial charge in [0, 0.05) is 31.6 Å². The topological polar surface area (TPSA) is 79.9 Å². The molecule has 1 fully saturated rings. The number of rotatable bonds is 7. The molecule has 1 aliphatic heterocycles. The van der Waals surface area contributed by atoms with Gasteiger partial charge in [0.15, 0.2) is 0 Å². The largest absolute Gasteiger partial charge is 0.497 e. The molecule has 7 heteroatoms. The first-order chi connectivity index (χ1) is 12.6. The maximum absolute atomic E-state index is 12.5. The van der Waals surface area contributed by atoms with Gasteiger partial charge in [-0.05, 0) is 31.4 Å². The van der Waals surface area contributed by atoms with Crippen LogP contribution in [0.1, 0.15) is 39.0 Å². The van der Waals surface area contributed by atoms with Gasteiger partial charge in [-0.2, -0.15) is 0 Å². The third-order valence-electron chi connectivity index (χ3n) is 4.55. The van der Waals surface area contributed by atoms with E-state index in [0.29, 0.717) is 36.7 Å². The number of unbranched alkanes of at least 4 members (excludes halogenated alkanes) is 1. The smallest absolute Gasteiger partial charge is 0.321 e. The van der Waals surface area contributed by atoms with Crippen molar-refractivity contribution in [1.82, 2.24) is 10.2 Å². The van der Waals surface area contributed by atoms with Gasteiger partial charge in [0.05, 0.1) is 19.9 Å². The van der Waals surface area contributed by atoms with Crippen LogP contribution >= 0.6 is 0 Å². The summed E-state index contributed by atoms with van der Waals surface area (Å²) in [5.41, 5.74) is 0.576. The molecular formula is C19H29N3O4. The Morgan fingerprint density at radius 3 is 2.54 bits per heavy atom. The molecule has 0 spiro atoms. The summed E-state index contributed by atoms with van der Waals surface area (Å²) in [7, 11) is 3.14. The Labute approximate surface area is 155 Å². The number of hydrogen-bond acceptors (Lipinski definition) is 4. The molecule has 3 amide bonds. The second-order valence-electron chi connectivity index (χ2n) is 6.43. The fraction of sp³-hybridized carbons (Fsp3) is 0.579. The van der Waals surface area contributed by atoms with Gasteiger partial charge in [0.25, 0.3) is 0 Å². The van der Waals surface area contributed by atoms with E-state index in [1.165, 1.54) is 0 Å². The van der Waals surface area contributed by atoms with Crippen molar-refractivity contribution in [3.63, 3.8) is 0 Å². The number of benzene rings is 1. The quantitative estimate of drug-likeness (QED) is 0.780. The van der Waals surface area contributed by atoms with E-state index in [2.05, 4.69) is 17.6 Å². The van der Waals surface area contributed by atoms with Gasteiger partial charge in [-0.3, -0.25) is 4.79 Å². The number of ether oxygens (including phenoxy) is 2. The Balaban J connectivity index is 1.86. The van der Waals surface area contributed by atoms with E-state index in [4.69, 9.17) is 9.47 Å². The van der Waals surface area contributed by atoms with Crippen molar-refractivity contribution in [3.8, 4) is 11.5 Å². The SMILES string of the molecule is CCCCC(=O)NC1CCN(C(=O)Nc2cc(OC)ccc2OC)CC1. The number of nitrogens with one attached hydrogen (secondary N) is 2. The summed E-state index contributed by atoms with van der Waals surface area (Å²) in [5, 5.41) is 5.95. The third kappa shape index (κ3) is 5.54. The average Bonchev–Trinajstić information content (AvgIpc) is 2.66. The van der Waals surface area contributed by atoms with E-state index < -0.39 is 0 Å². The minimum atomic E-state index is -0.174.